The molecule has 0 atom stereocenters. The summed E-state index contributed by atoms with van der Waals surface area (Å²) in [6.45, 7) is 0. The highest BCUT2D eigenvalue weighted by molar-refractivity contribution is 6.46. The van der Waals surface area contributed by atoms with Crippen LogP contribution in [0.15, 0.2) is 60.2 Å². The highest BCUT2D eigenvalue weighted by Gasteiger charge is 2.32. The highest BCUT2D eigenvalue weighted by atomic mass is 35.5. The van der Waals surface area contributed by atoms with E-state index < -0.39 is 5.97 Å². The van der Waals surface area contributed by atoms with Gasteiger partial charge >= 0.3 is 5.97 Å². The Morgan fingerprint density at radius 2 is 1.47 bits per heavy atom. The quantitative estimate of drug-likeness (QED) is 0.141. The van der Waals surface area contributed by atoms with Crippen LogP contribution in [-0.2, 0) is 0 Å². The first kappa shape index (κ1) is 22.1. The fourth-order valence-electron chi connectivity index (χ4n) is 3.29. The van der Waals surface area contributed by atoms with E-state index in [2.05, 4.69) is 0 Å². The van der Waals surface area contributed by atoms with Crippen molar-refractivity contribution in [2.75, 3.05) is 7.11 Å². The zero-order valence-electron chi connectivity index (χ0n) is 16.4. The molecule has 0 bridgehead atoms. The Labute approximate surface area is 198 Å². The van der Waals surface area contributed by atoms with Crippen molar-refractivity contribution < 1.29 is 23.9 Å². The number of esters is 1. The van der Waals surface area contributed by atoms with Crippen molar-refractivity contribution in [2.24, 2.45) is 0 Å². The van der Waals surface area contributed by atoms with E-state index in [1.54, 1.807) is 36.4 Å². The van der Waals surface area contributed by atoms with Gasteiger partial charge < -0.3 is 9.47 Å². The summed E-state index contributed by atoms with van der Waals surface area (Å²) < 4.78 is 10.7. The zero-order chi connectivity index (χ0) is 23.0. The van der Waals surface area contributed by atoms with Gasteiger partial charge in [0.2, 0.25) is 0 Å². The maximum atomic E-state index is 12.6. The predicted molar refractivity (Wildman–Crippen MR) is 123 cm³/mol. The van der Waals surface area contributed by atoms with Gasteiger partial charge in [0.1, 0.15) is 0 Å². The van der Waals surface area contributed by atoms with Gasteiger partial charge in [-0.1, -0.05) is 65.1 Å². The molecule has 3 aromatic rings. The van der Waals surface area contributed by atoms with Gasteiger partial charge in [-0.3, -0.25) is 9.59 Å². The molecule has 0 aliphatic heterocycles. The molecule has 8 heteroatoms. The first-order valence-electron chi connectivity index (χ1n) is 9.25. The first-order valence-corrected chi connectivity index (χ1v) is 10.4. The number of carbonyl (C=O) groups is 3. The molecule has 1 aliphatic carbocycles. The fourth-order valence-corrected chi connectivity index (χ4v) is 3.98. The summed E-state index contributed by atoms with van der Waals surface area (Å²) in [6, 6.07) is 14.2. The van der Waals surface area contributed by atoms with E-state index >= 15 is 0 Å². The van der Waals surface area contributed by atoms with E-state index in [4.69, 9.17) is 44.3 Å². The molecule has 0 saturated carbocycles. The molecular weight excluding hydrogens is 475 g/mol. The summed E-state index contributed by atoms with van der Waals surface area (Å²) in [5.74, 6) is -1.20. The summed E-state index contributed by atoms with van der Waals surface area (Å²) in [7, 11) is 1.39. The van der Waals surface area contributed by atoms with E-state index in [9.17, 15) is 14.4 Å². The third kappa shape index (κ3) is 3.91. The summed E-state index contributed by atoms with van der Waals surface area (Å²) in [5.41, 5.74) is 1.24. The van der Waals surface area contributed by atoms with Gasteiger partial charge in [-0.05, 0) is 35.9 Å². The second-order valence-electron chi connectivity index (χ2n) is 6.78. The molecular formula is C24H13Cl3O5. The second kappa shape index (κ2) is 8.79. The van der Waals surface area contributed by atoms with Crippen LogP contribution in [0.25, 0.3) is 6.08 Å². The van der Waals surface area contributed by atoms with Crippen LogP contribution in [0.3, 0.4) is 0 Å². The van der Waals surface area contributed by atoms with Crippen LogP contribution in [0.2, 0.25) is 15.1 Å². The smallest absolute Gasteiger partial charge is 0.346 e. The SMILES string of the molecule is COc1cc(C=C2C(=O)c3ccccc3C2=O)ccc1OC(=O)c1c(Cl)ccc(Cl)c1Cl. The molecule has 0 aromatic heterocycles. The van der Waals surface area contributed by atoms with Crippen molar-refractivity contribution in [1.82, 2.24) is 0 Å². The monoisotopic (exact) mass is 486 g/mol. The minimum atomic E-state index is -0.816. The van der Waals surface area contributed by atoms with Crippen molar-refractivity contribution in [3.05, 3.63) is 97.5 Å². The molecule has 1 aliphatic rings. The van der Waals surface area contributed by atoms with Crippen LogP contribution in [0.1, 0.15) is 36.6 Å². The Morgan fingerprint density at radius 3 is 2.09 bits per heavy atom. The highest BCUT2D eigenvalue weighted by Crippen LogP contribution is 2.35. The molecule has 0 amide bonds. The number of allylic oxidation sites excluding steroid dienone is 1. The van der Waals surface area contributed by atoms with Crippen LogP contribution < -0.4 is 9.47 Å². The summed E-state index contributed by atoms with van der Waals surface area (Å²) in [4.78, 5) is 37.8. The molecule has 0 N–H and O–H groups in total. The third-order valence-corrected chi connectivity index (χ3v) is 5.97. The summed E-state index contributed by atoms with van der Waals surface area (Å²) in [5, 5.41) is 0.216. The Kier molecular flexibility index (Phi) is 6.07. The van der Waals surface area contributed by atoms with Gasteiger partial charge in [-0.2, -0.15) is 0 Å². The minimum absolute atomic E-state index is 0.0256. The Bertz CT molecular complexity index is 1290. The summed E-state index contributed by atoms with van der Waals surface area (Å²) in [6.07, 6.45) is 1.48. The maximum Gasteiger partial charge on any atom is 0.346 e. The number of rotatable bonds is 4. The summed E-state index contributed by atoms with van der Waals surface area (Å²) >= 11 is 18.1. The molecule has 4 rings (SSSR count). The van der Waals surface area contributed by atoms with E-state index in [-0.39, 0.29) is 49.3 Å². The van der Waals surface area contributed by atoms with Gasteiger partial charge in [0.05, 0.1) is 33.3 Å². The van der Waals surface area contributed by atoms with E-state index in [1.165, 1.54) is 31.4 Å². The minimum Gasteiger partial charge on any atom is -0.493 e. The van der Waals surface area contributed by atoms with Gasteiger partial charge in [0.15, 0.2) is 23.1 Å². The molecule has 32 heavy (non-hydrogen) atoms. The van der Waals surface area contributed by atoms with Crippen LogP contribution in [0.5, 0.6) is 11.5 Å². The number of Topliss-reactive ketones (excluding diaryl/α,β-unsaturated/α-hetero) is 2. The number of halogens is 3. The average molecular weight is 488 g/mol. The van der Waals surface area contributed by atoms with Crippen molar-refractivity contribution in [2.45, 2.75) is 0 Å². The maximum absolute atomic E-state index is 12.6. The molecule has 5 nitrogen and oxygen atoms in total. The number of ether oxygens (including phenoxy) is 2. The molecule has 3 aromatic carbocycles. The van der Waals surface area contributed by atoms with Crippen molar-refractivity contribution >= 4 is 58.4 Å². The van der Waals surface area contributed by atoms with Crippen molar-refractivity contribution in [1.29, 1.82) is 0 Å². The molecule has 0 heterocycles. The van der Waals surface area contributed by atoms with Crippen LogP contribution in [0, 0.1) is 0 Å². The first-order chi connectivity index (χ1) is 15.3. The normalized spacial score (nSPS) is 12.6. The lowest BCUT2D eigenvalue weighted by Crippen LogP contribution is -2.11. The van der Waals surface area contributed by atoms with Gasteiger partial charge in [0.25, 0.3) is 0 Å². The standard InChI is InChI=1S/C24H13Cl3O5/c1-31-19-11-12(10-15-22(28)13-4-2-3-5-14(13)23(15)29)6-9-18(19)32-24(30)20-16(25)7-8-17(26)21(20)27/h2-11H,1H3. The molecule has 0 radical (unpaired) electrons. The topological polar surface area (TPSA) is 69.7 Å². The van der Waals surface area contributed by atoms with E-state index in [0.29, 0.717) is 16.7 Å². The van der Waals surface area contributed by atoms with Gasteiger partial charge in [-0.15, -0.1) is 0 Å². The van der Waals surface area contributed by atoms with E-state index in [0.717, 1.165) is 0 Å². The molecule has 0 saturated heterocycles. The Morgan fingerprint density at radius 1 is 0.844 bits per heavy atom. The molecule has 0 fully saturated rings. The molecule has 160 valence electrons. The number of carbonyl (C=O) groups excluding carboxylic acids is 3. The predicted octanol–water partition coefficient (Wildman–Crippen LogP) is 6.34. The Hall–Kier alpha value is -3.12. The molecule has 0 unspecified atom stereocenters. The number of methoxy groups -OCH3 is 1. The average Bonchev–Trinajstić information content (AvgIpc) is 3.02. The Balaban J connectivity index is 1.64. The number of fused-ring (bicyclic) bond motifs is 1. The van der Waals surface area contributed by atoms with Crippen LogP contribution in [0.4, 0.5) is 0 Å². The third-order valence-electron chi connectivity index (χ3n) is 4.86. The number of benzene rings is 3. The van der Waals surface area contributed by atoms with Gasteiger partial charge in [0, 0.05) is 11.1 Å². The van der Waals surface area contributed by atoms with Crippen molar-refractivity contribution in [3.63, 3.8) is 0 Å². The number of ketones is 2. The largest absolute Gasteiger partial charge is 0.493 e. The van der Waals surface area contributed by atoms with Crippen LogP contribution >= 0.6 is 34.8 Å². The van der Waals surface area contributed by atoms with Crippen LogP contribution in [-0.4, -0.2) is 24.6 Å². The lowest BCUT2D eigenvalue weighted by atomic mass is 10.1. The van der Waals surface area contributed by atoms with Gasteiger partial charge in [-0.25, -0.2) is 4.79 Å². The lowest BCUT2D eigenvalue weighted by molar-refractivity contribution is 0.0729. The fraction of sp³-hybridized carbons (Fsp3) is 0.0417. The molecule has 0 spiro atoms. The van der Waals surface area contributed by atoms with E-state index in [1.807, 2.05) is 0 Å². The van der Waals surface area contributed by atoms with Crippen molar-refractivity contribution in [3.8, 4) is 11.5 Å². The second-order valence-corrected chi connectivity index (χ2v) is 7.97. The lowest BCUT2D eigenvalue weighted by Gasteiger charge is -2.12. The zero-order valence-corrected chi connectivity index (χ0v) is 18.7. The number of hydrogen-bond acceptors (Lipinski definition) is 5. The number of hydrogen-bond donors (Lipinski definition) is 0.